The van der Waals surface area contributed by atoms with Crippen molar-refractivity contribution in [3.63, 3.8) is 0 Å². The van der Waals surface area contributed by atoms with Crippen molar-refractivity contribution in [1.29, 1.82) is 0 Å². The Kier molecular flexibility index (Phi) is 8.29. The highest BCUT2D eigenvalue weighted by Crippen LogP contribution is 2.26. The van der Waals surface area contributed by atoms with E-state index < -0.39 is 11.9 Å². The molecule has 2 aromatic carbocycles. The summed E-state index contributed by atoms with van der Waals surface area (Å²) < 4.78 is 25.7. The zero-order valence-corrected chi connectivity index (χ0v) is 18.3. The predicted octanol–water partition coefficient (Wildman–Crippen LogP) is 5.38. The summed E-state index contributed by atoms with van der Waals surface area (Å²) in [7, 11) is 0. The molecule has 4 aromatic rings. The van der Waals surface area contributed by atoms with Gasteiger partial charge in [0.25, 0.3) is 0 Å². The molecule has 4 rings (SSSR count). The lowest BCUT2D eigenvalue weighted by Gasteiger charge is -2.14. The average molecular weight is 460 g/mol. The first kappa shape index (κ1) is 24.4. The van der Waals surface area contributed by atoms with Crippen LogP contribution in [0.4, 0.5) is 8.78 Å². The largest absolute Gasteiger partial charge is 0.481 e. The molecule has 7 heteroatoms. The van der Waals surface area contributed by atoms with E-state index in [-0.39, 0.29) is 23.3 Å². The van der Waals surface area contributed by atoms with Crippen molar-refractivity contribution < 1.29 is 23.5 Å². The number of halogens is 2. The van der Waals surface area contributed by atoms with Gasteiger partial charge in [-0.3, -0.25) is 19.6 Å². The van der Waals surface area contributed by atoms with E-state index >= 15 is 0 Å². The van der Waals surface area contributed by atoms with Gasteiger partial charge in [0.2, 0.25) is 0 Å². The van der Waals surface area contributed by atoms with Gasteiger partial charge < -0.3 is 5.11 Å². The van der Waals surface area contributed by atoms with Gasteiger partial charge in [0, 0.05) is 24.8 Å². The summed E-state index contributed by atoms with van der Waals surface area (Å²) in [6, 6.07) is 18.4. The number of carbonyl (C=O) groups excluding carboxylic acids is 1. The van der Waals surface area contributed by atoms with Gasteiger partial charge in [0.15, 0.2) is 0 Å². The number of hydrogen-bond acceptors (Lipinski definition) is 4. The second-order valence-electron chi connectivity index (χ2n) is 7.48. The van der Waals surface area contributed by atoms with Crippen LogP contribution in [0.15, 0.2) is 97.6 Å². The van der Waals surface area contributed by atoms with Crippen LogP contribution in [0, 0.1) is 11.6 Å². The molecule has 1 N–H and O–H groups in total. The number of carboxylic acid groups (broad SMARTS) is 1. The van der Waals surface area contributed by atoms with Crippen LogP contribution in [0.1, 0.15) is 41.0 Å². The zero-order chi connectivity index (χ0) is 24.5. The summed E-state index contributed by atoms with van der Waals surface area (Å²) in [4.78, 5) is 30.8. The van der Waals surface area contributed by atoms with Gasteiger partial charge in [-0.25, -0.2) is 8.78 Å². The van der Waals surface area contributed by atoms with E-state index in [2.05, 4.69) is 9.97 Å². The SMILES string of the molecule is CC(=O)C(c1ccncc1)c1ccc(F)cc1.O=C(O)C(c1ccncc1)c1ccc(F)cc1. The first-order valence-corrected chi connectivity index (χ1v) is 10.4. The number of aromatic nitrogens is 2. The van der Waals surface area contributed by atoms with Gasteiger partial charge in [-0.15, -0.1) is 0 Å². The van der Waals surface area contributed by atoms with Crippen molar-refractivity contribution >= 4 is 11.8 Å². The van der Waals surface area contributed by atoms with Gasteiger partial charge in [0.05, 0.1) is 5.92 Å². The molecule has 0 fully saturated rings. The van der Waals surface area contributed by atoms with Crippen LogP contribution < -0.4 is 0 Å². The Bertz CT molecular complexity index is 1120. The summed E-state index contributed by atoms with van der Waals surface area (Å²) in [5, 5.41) is 9.24. The van der Waals surface area contributed by atoms with E-state index in [4.69, 9.17) is 0 Å². The van der Waals surface area contributed by atoms with Crippen LogP contribution in [-0.4, -0.2) is 26.8 Å². The molecule has 0 bridgehead atoms. The molecule has 0 saturated heterocycles. The Balaban J connectivity index is 0.000000191. The van der Waals surface area contributed by atoms with Crippen molar-refractivity contribution in [2.45, 2.75) is 18.8 Å². The number of ketones is 1. The molecule has 0 radical (unpaired) electrons. The first-order valence-electron chi connectivity index (χ1n) is 10.4. The summed E-state index contributed by atoms with van der Waals surface area (Å²) in [5.74, 6) is -2.76. The Morgan fingerprint density at radius 2 is 0.941 bits per heavy atom. The maximum atomic E-state index is 12.9. The fourth-order valence-corrected chi connectivity index (χ4v) is 3.56. The lowest BCUT2D eigenvalue weighted by Crippen LogP contribution is -2.13. The Hall–Kier alpha value is -4.26. The highest BCUT2D eigenvalue weighted by Gasteiger charge is 2.22. The number of rotatable bonds is 6. The third-order valence-corrected chi connectivity index (χ3v) is 5.14. The van der Waals surface area contributed by atoms with Gasteiger partial charge in [-0.1, -0.05) is 24.3 Å². The number of carbonyl (C=O) groups is 2. The fourth-order valence-electron chi connectivity index (χ4n) is 3.56. The molecule has 5 nitrogen and oxygen atoms in total. The van der Waals surface area contributed by atoms with Crippen molar-refractivity contribution in [2.24, 2.45) is 0 Å². The monoisotopic (exact) mass is 460 g/mol. The number of carboxylic acids is 1. The minimum absolute atomic E-state index is 0.0304. The van der Waals surface area contributed by atoms with E-state index in [0.717, 1.165) is 11.1 Å². The highest BCUT2D eigenvalue weighted by atomic mass is 19.1. The molecule has 2 heterocycles. The smallest absolute Gasteiger partial charge is 0.315 e. The molecule has 0 aliphatic heterocycles. The Morgan fingerprint density at radius 1 is 0.618 bits per heavy atom. The third kappa shape index (κ3) is 6.38. The minimum atomic E-state index is -0.970. The predicted molar refractivity (Wildman–Crippen MR) is 123 cm³/mol. The Morgan fingerprint density at radius 3 is 1.29 bits per heavy atom. The second kappa shape index (κ2) is 11.6. The fraction of sp³-hybridized carbons (Fsp3) is 0.111. The molecule has 0 saturated carbocycles. The maximum absolute atomic E-state index is 12.9. The van der Waals surface area contributed by atoms with E-state index in [0.29, 0.717) is 11.1 Å². The number of aliphatic carboxylic acids is 1. The van der Waals surface area contributed by atoms with Gasteiger partial charge in [-0.05, 0) is 77.7 Å². The summed E-state index contributed by atoms with van der Waals surface area (Å²) >= 11 is 0. The van der Waals surface area contributed by atoms with Crippen LogP contribution in [0.2, 0.25) is 0 Å². The number of hydrogen-bond donors (Lipinski definition) is 1. The van der Waals surface area contributed by atoms with Crippen LogP contribution in [0.3, 0.4) is 0 Å². The average Bonchev–Trinajstić information content (AvgIpc) is 2.83. The van der Waals surface area contributed by atoms with E-state index in [1.54, 1.807) is 48.8 Å². The highest BCUT2D eigenvalue weighted by molar-refractivity contribution is 5.86. The molecule has 172 valence electrons. The van der Waals surface area contributed by atoms with Gasteiger partial charge >= 0.3 is 5.97 Å². The quantitative estimate of drug-likeness (QED) is 0.418. The molecule has 2 atom stereocenters. The van der Waals surface area contributed by atoms with Gasteiger partial charge in [-0.2, -0.15) is 0 Å². The molecule has 0 aliphatic carbocycles. The molecular formula is C27H22F2N2O3. The molecule has 0 amide bonds. The second-order valence-corrected chi connectivity index (χ2v) is 7.48. The van der Waals surface area contributed by atoms with Crippen LogP contribution in [0.25, 0.3) is 0 Å². The lowest BCUT2D eigenvalue weighted by molar-refractivity contribution is -0.137. The Labute approximate surface area is 195 Å². The van der Waals surface area contributed by atoms with Crippen molar-refractivity contribution in [3.8, 4) is 0 Å². The number of nitrogens with zero attached hydrogens (tertiary/aromatic N) is 2. The molecular weight excluding hydrogens is 438 g/mol. The topological polar surface area (TPSA) is 80.2 Å². The maximum Gasteiger partial charge on any atom is 0.315 e. The van der Waals surface area contributed by atoms with Crippen molar-refractivity contribution in [1.82, 2.24) is 9.97 Å². The summed E-state index contributed by atoms with van der Waals surface area (Å²) in [6.45, 7) is 1.54. The van der Waals surface area contributed by atoms with Crippen molar-refractivity contribution in [2.75, 3.05) is 0 Å². The lowest BCUT2D eigenvalue weighted by atomic mass is 9.89. The van der Waals surface area contributed by atoms with E-state index in [1.165, 1.54) is 55.7 Å². The van der Waals surface area contributed by atoms with E-state index in [1.807, 2.05) is 0 Å². The van der Waals surface area contributed by atoms with E-state index in [9.17, 15) is 23.5 Å². The molecule has 0 aliphatic rings. The first-order chi connectivity index (χ1) is 16.4. The van der Waals surface area contributed by atoms with Gasteiger partial charge in [0.1, 0.15) is 23.3 Å². The molecule has 34 heavy (non-hydrogen) atoms. The summed E-state index contributed by atoms with van der Waals surface area (Å²) in [6.07, 6.45) is 6.37. The van der Waals surface area contributed by atoms with Crippen LogP contribution >= 0.6 is 0 Å². The number of pyridine rings is 2. The number of Topliss-reactive ketones (excluding diaryl/α,β-unsaturated/α-hetero) is 1. The minimum Gasteiger partial charge on any atom is -0.481 e. The summed E-state index contributed by atoms with van der Waals surface area (Å²) in [5.41, 5.74) is 2.84. The standard InChI is InChI=1S/C14H12FNO.C13H10FNO2/c1-10(17)14(12-6-8-16-9-7-12)11-2-4-13(15)5-3-11;14-11-3-1-9(2-4-11)12(13(16)17)10-5-7-15-8-6-10/h2-9,14H,1H3;1-8,12H,(H,16,17). The molecule has 2 unspecified atom stereocenters. The van der Waals surface area contributed by atoms with Crippen molar-refractivity contribution in [3.05, 3.63) is 131 Å². The number of benzene rings is 2. The zero-order valence-electron chi connectivity index (χ0n) is 18.3. The molecule has 0 spiro atoms. The normalized spacial score (nSPS) is 12.1. The van der Waals surface area contributed by atoms with Crippen LogP contribution in [0.5, 0.6) is 0 Å². The third-order valence-electron chi connectivity index (χ3n) is 5.14. The molecule has 2 aromatic heterocycles. The van der Waals surface area contributed by atoms with Crippen LogP contribution in [-0.2, 0) is 9.59 Å².